The highest BCUT2D eigenvalue weighted by Crippen LogP contribution is 2.36. The van der Waals surface area contributed by atoms with E-state index in [2.05, 4.69) is 24.1 Å². The second-order valence-corrected chi connectivity index (χ2v) is 11.6. The number of rotatable bonds is 9. The average molecular weight is 504 g/mol. The van der Waals surface area contributed by atoms with Crippen LogP contribution in [0.2, 0.25) is 0 Å². The van der Waals surface area contributed by atoms with Crippen LogP contribution in [0, 0.1) is 18.2 Å². The van der Waals surface area contributed by atoms with E-state index >= 15 is 0 Å². The zero-order valence-corrected chi connectivity index (χ0v) is 22.8. The summed E-state index contributed by atoms with van der Waals surface area (Å²) in [5, 5.41) is 13.5. The minimum absolute atomic E-state index is 0.207. The lowest BCUT2D eigenvalue weighted by Crippen LogP contribution is -2.46. The first kappa shape index (κ1) is 28.1. The van der Waals surface area contributed by atoms with E-state index < -0.39 is 17.7 Å². The van der Waals surface area contributed by atoms with Crippen molar-refractivity contribution in [2.75, 3.05) is 26.2 Å². The second-order valence-electron chi connectivity index (χ2n) is 11.6. The Bertz CT molecular complexity index is 1000. The third kappa shape index (κ3) is 7.53. The van der Waals surface area contributed by atoms with Gasteiger partial charge in [-0.3, -0.25) is 10.3 Å². The van der Waals surface area contributed by atoms with Crippen LogP contribution in [-0.2, 0) is 9.53 Å². The van der Waals surface area contributed by atoms with Crippen LogP contribution >= 0.6 is 0 Å². The van der Waals surface area contributed by atoms with E-state index in [1.165, 1.54) is 6.07 Å². The minimum atomic E-state index is -1.08. The van der Waals surface area contributed by atoms with Crippen LogP contribution in [-0.4, -0.2) is 65.8 Å². The Morgan fingerprint density at radius 3 is 2.53 bits per heavy atom. The summed E-state index contributed by atoms with van der Waals surface area (Å²) in [6.45, 7) is 16.4. The molecule has 8 heteroatoms. The molecule has 200 valence electrons. The van der Waals surface area contributed by atoms with Gasteiger partial charge >= 0.3 is 5.97 Å². The molecule has 1 aromatic rings. The molecular formula is C28H42FN3O4. The summed E-state index contributed by atoms with van der Waals surface area (Å²) in [4.78, 5) is 19.5. The quantitative estimate of drug-likeness (QED) is 0.465. The molecule has 1 unspecified atom stereocenters. The number of nitrogens with zero attached hydrogens (tertiary/aromatic N) is 2. The van der Waals surface area contributed by atoms with Crippen molar-refractivity contribution >= 4 is 11.7 Å². The first-order chi connectivity index (χ1) is 16.8. The fourth-order valence-electron chi connectivity index (χ4n) is 4.64. The summed E-state index contributed by atoms with van der Waals surface area (Å²) in [6, 6.07) is 4.85. The lowest BCUT2D eigenvalue weighted by Gasteiger charge is -2.43. The summed E-state index contributed by atoms with van der Waals surface area (Å²) in [5.74, 6) is -0.800. The fourth-order valence-corrected chi connectivity index (χ4v) is 4.64. The maximum absolute atomic E-state index is 13.8. The van der Waals surface area contributed by atoms with Gasteiger partial charge in [0.15, 0.2) is 6.10 Å². The normalized spacial score (nSPS) is 21.3. The molecule has 1 saturated heterocycles. The molecule has 2 atom stereocenters. The molecule has 0 radical (unpaired) electrons. The largest absolute Gasteiger partial charge is 0.492 e. The van der Waals surface area contributed by atoms with Gasteiger partial charge in [-0.1, -0.05) is 19.9 Å². The monoisotopic (exact) mass is 503 g/mol. The Kier molecular flexibility index (Phi) is 8.83. The van der Waals surface area contributed by atoms with Gasteiger partial charge in [-0.25, -0.2) is 9.18 Å². The Balaban J connectivity index is 1.76. The summed E-state index contributed by atoms with van der Waals surface area (Å²) in [6.07, 6.45) is 1.36. The molecule has 2 N–H and O–H groups in total. The predicted octanol–water partition coefficient (Wildman–Crippen LogP) is 4.94. The van der Waals surface area contributed by atoms with Crippen molar-refractivity contribution in [3.63, 3.8) is 0 Å². The molecule has 0 aliphatic carbocycles. The van der Waals surface area contributed by atoms with Gasteiger partial charge in [-0.2, -0.15) is 0 Å². The molecular weight excluding hydrogens is 461 g/mol. The molecule has 2 aliphatic heterocycles. The molecule has 0 saturated carbocycles. The van der Waals surface area contributed by atoms with Crippen LogP contribution < -0.4 is 10.1 Å². The van der Waals surface area contributed by atoms with Crippen molar-refractivity contribution in [3.8, 4) is 5.75 Å². The van der Waals surface area contributed by atoms with E-state index in [-0.39, 0.29) is 17.4 Å². The van der Waals surface area contributed by atoms with Crippen LogP contribution in [0.5, 0.6) is 5.75 Å². The van der Waals surface area contributed by atoms with Crippen LogP contribution in [0.4, 0.5) is 4.39 Å². The highest BCUT2D eigenvalue weighted by atomic mass is 19.1. The summed E-state index contributed by atoms with van der Waals surface area (Å²) < 4.78 is 25.5. The lowest BCUT2D eigenvalue weighted by atomic mass is 9.82. The molecule has 1 fully saturated rings. The van der Waals surface area contributed by atoms with E-state index in [1.807, 2.05) is 27.7 Å². The molecule has 2 aliphatic rings. The van der Waals surface area contributed by atoms with Gasteiger partial charge in [0.2, 0.25) is 0 Å². The van der Waals surface area contributed by atoms with Crippen molar-refractivity contribution in [3.05, 3.63) is 40.8 Å². The molecule has 0 aromatic heterocycles. The zero-order valence-electron chi connectivity index (χ0n) is 22.8. The number of likely N-dealkylation sites (tertiary alicyclic amines) is 1. The van der Waals surface area contributed by atoms with Crippen molar-refractivity contribution in [2.45, 2.75) is 85.6 Å². The number of aliphatic imine (C=N–C) groups is 1. The maximum atomic E-state index is 13.8. The number of carbonyl (C=O) groups is 1. The Labute approximate surface area is 214 Å². The highest BCUT2D eigenvalue weighted by molar-refractivity contribution is 6.05. The molecule has 0 amide bonds. The Morgan fingerprint density at radius 2 is 1.94 bits per heavy atom. The zero-order chi connectivity index (χ0) is 26.7. The third-order valence-electron chi connectivity index (χ3n) is 6.79. The van der Waals surface area contributed by atoms with Gasteiger partial charge in [0, 0.05) is 49.1 Å². The number of carboxylic acid groups (broad SMARTS) is 1. The Morgan fingerprint density at radius 1 is 1.28 bits per heavy atom. The number of hydrogen-bond acceptors (Lipinski definition) is 6. The number of carboxylic acids is 1. The minimum Gasteiger partial charge on any atom is -0.492 e. The van der Waals surface area contributed by atoms with Crippen molar-refractivity contribution in [1.82, 2.24) is 10.2 Å². The van der Waals surface area contributed by atoms with E-state index in [9.17, 15) is 14.3 Å². The number of dihydropyridines is 1. The van der Waals surface area contributed by atoms with E-state index in [0.717, 1.165) is 31.6 Å². The summed E-state index contributed by atoms with van der Waals surface area (Å²) >= 11 is 0. The topological polar surface area (TPSA) is 83.4 Å². The van der Waals surface area contributed by atoms with Crippen LogP contribution in [0.1, 0.15) is 66.4 Å². The van der Waals surface area contributed by atoms with Crippen LogP contribution in [0.3, 0.4) is 0 Å². The molecule has 7 nitrogen and oxygen atoms in total. The number of ether oxygens (including phenoxy) is 2. The number of benzene rings is 1. The number of nitrogens with one attached hydrogen (secondary N) is 1. The van der Waals surface area contributed by atoms with Gasteiger partial charge in [-0.05, 0) is 64.5 Å². The van der Waals surface area contributed by atoms with E-state index in [4.69, 9.17) is 14.5 Å². The Hall–Kier alpha value is -2.45. The summed E-state index contributed by atoms with van der Waals surface area (Å²) in [5.41, 5.74) is 2.58. The molecule has 36 heavy (non-hydrogen) atoms. The van der Waals surface area contributed by atoms with Crippen molar-refractivity contribution in [2.24, 2.45) is 10.4 Å². The number of halogens is 1. The van der Waals surface area contributed by atoms with E-state index in [1.54, 1.807) is 19.1 Å². The van der Waals surface area contributed by atoms with Gasteiger partial charge in [-0.15, -0.1) is 0 Å². The van der Waals surface area contributed by atoms with Crippen molar-refractivity contribution < 1.29 is 23.8 Å². The molecule has 0 bridgehead atoms. The van der Waals surface area contributed by atoms with Crippen LogP contribution in [0.25, 0.3) is 0 Å². The lowest BCUT2D eigenvalue weighted by molar-refractivity contribution is -0.155. The smallest absolute Gasteiger partial charge is 0.337 e. The molecule has 2 heterocycles. The second kappa shape index (κ2) is 11.3. The fraction of sp³-hybridized carbons (Fsp3) is 0.643. The first-order valence-electron chi connectivity index (χ1n) is 12.8. The van der Waals surface area contributed by atoms with E-state index in [0.29, 0.717) is 42.2 Å². The van der Waals surface area contributed by atoms with Gasteiger partial charge in [0.1, 0.15) is 24.3 Å². The highest BCUT2D eigenvalue weighted by Gasteiger charge is 2.38. The number of aryl methyl sites for hydroxylation is 1. The molecule has 1 aromatic carbocycles. The SMILES string of the molecule is CC1=NC(NCCOc2ccc(C)c(F)c2)CC(N2CCC(C)(C)CC2)=C1[C@H](OC(C)(C)C)C(=O)O. The van der Waals surface area contributed by atoms with Gasteiger partial charge < -0.3 is 19.5 Å². The van der Waals surface area contributed by atoms with Gasteiger partial charge in [0.05, 0.1) is 5.60 Å². The van der Waals surface area contributed by atoms with Crippen LogP contribution in [0.15, 0.2) is 34.5 Å². The number of piperidine rings is 1. The van der Waals surface area contributed by atoms with Gasteiger partial charge in [0.25, 0.3) is 0 Å². The number of hydrogen-bond donors (Lipinski definition) is 2. The maximum Gasteiger partial charge on any atom is 0.337 e. The average Bonchev–Trinajstić information content (AvgIpc) is 2.77. The summed E-state index contributed by atoms with van der Waals surface area (Å²) in [7, 11) is 0. The van der Waals surface area contributed by atoms with Crippen molar-refractivity contribution in [1.29, 1.82) is 0 Å². The third-order valence-corrected chi connectivity index (χ3v) is 6.79. The first-order valence-corrected chi connectivity index (χ1v) is 12.8. The predicted molar refractivity (Wildman–Crippen MR) is 140 cm³/mol. The number of aliphatic carboxylic acids is 1. The standard InChI is InChI=1S/C28H42FN3O4/c1-18-8-9-20(16-21(18)29)35-15-12-30-23-17-22(32-13-10-28(6,7)11-14-32)24(19(2)31-23)25(26(33)34)36-27(3,4)5/h8-9,16,23,25,30H,10-15,17H2,1-7H3,(H,33,34)/t23?,25-/m0/s1. The molecule has 3 rings (SSSR count). The molecule has 0 spiro atoms.